The minimum atomic E-state index is -0.407. The number of aryl methyl sites for hydroxylation is 3. The second-order valence-corrected chi connectivity index (χ2v) is 6.76. The van der Waals surface area contributed by atoms with E-state index in [4.69, 9.17) is 0 Å². The first-order valence-electron chi connectivity index (χ1n) is 9.18. The molecule has 28 heavy (non-hydrogen) atoms. The van der Waals surface area contributed by atoms with Crippen molar-refractivity contribution >= 4 is 33.5 Å². The van der Waals surface area contributed by atoms with Gasteiger partial charge in [-0.3, -0.25) is 4.79 Å². The third-order valence-corrected chi connectivity index (χ3v) is 4.88. The van der Waals surface area contributed by atoms with Crippen LogP contribution in [-0.2, 0) is 17.9 Å². The first-order valence-corrected chi connectivity index (χ1v) is 9.18. The lowest BCUT2D eigenvalue weighted by Gasteiger charge is -2.02. The molecule has 1 amide bonds. The molecule has 7 heteroatoms. The fourth-order valence-corrected chi connectivity index (χ4v) is 3.52. The van der Waals surface area contributed by atoms with Gasteiger partial charge >= 0.3 is 0 Å². The normalized spacial score (nSPS) is 11.8. The molecule has 0 aliphatic heterocycles. The Morgan fingerprint density at radius 2 is 1.89 bits per heavy atom. The number of nitrogens with zero attached hydrogens (tertiary/aromatic N) is 5. The molecule has 0 saturated heterocycles. The first-order chi connectivity index (χ1) is 13.5. The molecule has 0 bridgehead atoms. The number of hydrogen-bond acceptors (Lipinski definition) is 4. The number of hydrogen-bond donors (Lipinski definition) is 1. The van der Waals surface area contributed by atoms with Gasteiger partial charge in [0.15, 0.2) is 5.69 Å². The number of azo groups is 1. The zero-order valence-electron chi connectivity index (χ0n) is 16.0. The van der Waals surface area contributed by atoms with E-state index in [0.29, 0.717) is 12.2 Å². The van der Waals surface area contributed by atoms with Crippen molar-refractivity contribution in [1.82, 2.24) is 14.1 Å². The van der Waals surface area contributed by atoms with Crippen LogP contribution in [0.4, 0.5) is 5.69 Å². The third kappa shape index (κ3) is 2.94. The Balaban J connectivity index is 1.67. The van der Waals surface area contributed by atoms with Gasteiger partial charge in [0.05, 0.1) is 16.6 Å². The molecule has 7 nitrogen and oxygen atoms in total. The highest BCUT2D eigenvalue weighted by molar-refractivity contribution is 5.95. The summed E-state index contributed by atoms with van der Waals surface area (Å²) in [4.78, 5) is 16.9. The monoisotopic (exact) mass is 375 g/mol. The van der Waals surface area contributed by atoms with Gasteiger partial charge in [0.1, 0.15) is 12.4 Å². The Bertz CT molecular complexity index is 1230. The summed E-state index contributed by atoms with van der Waals surface area (Å²) < 4.78 is 3.57. The topological polar surface area (TPSA) is 84.8 Å². The van der Waals surface area contributed by atoms with Crippen LogP contribution in [0.1, 0.15) is 18.3 Å². The van der Waals surface area contributed by atoms with Crippen molar-refractivity contribution in [3.63, 3.8) is 0 Å². The fourth-order valence-electron chi connectivity index (χ4n) is 3.52. The van der Waals surface area contributed by atoms with Crippen LogP contribution in [0, 0.1) is 13.8 Å². The van der Waals surface area contributed by atoms with Gasteiger partial charge < -0.3 is 14.2 Å². The van der Waals surface area contributed by atoms with Crippen molar-refractivity contribution in [1.29, 1.82) is 0 Å². The standard InChI is InChI=1S/C21H21N5O2/c1-4-25-17-10-9-13(2)11-15(17)20(21(25)28)24-23-19(27)12-26-14(3)22-16-7-5-6-8-18(16)26/h5-11,28H,4,12H2,1-3H3. The van der Waals surface area contributed by atoms with Crippen molar-refractivity contribution < 1.29 is 9.90 Å². The van der Waals surface area contributed by atoms with Crippen LogP contribution in [0.25, 0.3) is 21.9 Å². The predicted octanol–water partition coefficient (Wildman–Crippen LogP) is 4.64. The van der Waals surface area contributed by atoms with Gasteiger partial charge in [-0.05, 0) is 45.0 Å². The molecule has 0 radical (unpaired) electrons. The predicted molar refractivity (Wildman–Crippen MR) is 108 cm³/mol. The maximum Gasteiger partial charge on any atom is 0.284 e. The Morgan fingerprint density at radius 3 is 2.68 bits per heavy atom. The number of fused-ring (bicyclic) bond motifs is 2. The lowest BCUT2D eigenvalue weighted by Crippen LogP contribution is -2.08. The molecule has 142 valence electrons. The van der Waals surface area contributed by atoms with Crippen LogP contribution in [-0.4, -0.2) is 25.1 Å². The van der Waals surface area contributed by atoms with Crippen molar-refractivity contribution in [2.24, 2.45) is 10.2 Å². The molecule has 4 aromatic rings. The summed E-state index contributed by atoms with van der Waals surface area (Å²) in [6.45, 7) is 6.40. The Labute approximate surface area is 162 Å². The van der Waals surface area contributed by atoms with E-state index < -0.39 is 5.91 Å². The number of carbonyl (C=O) groups excluding carboxylic acids is 1. The minimum Gasteiger partial charge on any atom is -0.493 e. The largest absolute Gasteiger partial charge is 0.493 e. The molecule has 0 saturated carbocycles. The van der Waals surface area contributed by atoms with Crippen molar-refractivity contribution in [2.45, 2.75) is 33.9 Å². The zero-order chi connectivity index (χ0) is 19.8. The van der Waals surface area contributed by atoms with E-state index in [2.05, 4.69) is 15.2 Å². The van der Waals surface area contributed by atoms with E-state index in [1.165, 1.54) is 0 Å². The maximum atomic E-state index is 12.5. The minimum absolute atomic E-state index is 0.0175. The summed E-state index contributed by atoms with van der Waals surface area (Å²) in [5.74, 6) is 0.352. The van der Waals surface area contributed by atoms with Crippen LogP contribution in [0.3, 0.4) is 0 Å². The number of carbonyl (C=O) groups is 1. The quantitative estimate of drug-likeness (QED) is 0.527. The van der Waals surface area contributed by atoms with Crippen LogP contribution >= 0.6 is 0 Å². The van der Waals surface area contributed by atoms with Gasteiger partial charge in [-0.2, -0.15) is 0 Å². The number of imidazole rings is 1. The van der Waals surface area contributed by atoms with E-state index in [1.807, 2.05) is 67.8 Å². The van der Waals surface area contributed by atoms with E-state index >= 15 is 0 Å². The average Bonchev–Trinajstić information content (AvgIpc) is 3.13. The number of para-hydroxylation sites is 2. The summed E-state index contributed by atoms with van der Waals surface area (Å²) >= 11 is 0. The lowest BCUT2D eigenvalue weighted by molar-refractivity contribution is -0.118. The smallest absolute Gasteiger partial charge is 0.284 e. The van der Waals surface area contributed by atoms with Crippen LogP contribution in [0.2, 0.25) is 0 Å². The summed E-state index contributed by atoms with van der Waals surface area (Å²) in [5, 5.41) is 19.3. The molecule has 4 rings (SSSR count). The molecule has 2 heterocycles. The van der Waals surface area contributed by atoms with E-state index in [1.54, 1.807) is 4.57 Å². The number of amides is 1. The van der Waals surface area contributed by atoms with Crippen molar-refractivity contribution in [2.75, 3.05) is 0 Å². The summed E-state index contributed by atoms with van der Waals surface area (Å²) in [6.07, 6.45) is 0. The number of rotatable bonds is 4. The van der Waals surface area contributed by atoms with E-state index in [-0.39, 0.29) is 12.4 Å². The average molecular weight is 375 g/mol. The van der Waals surface area contributed by atoms with Gasteiger partial charge in [-0.15, -0.1) is 10.2 Å². The van der Waals surface area contributed by atoms with Gasteiger partial charge in [-0.25, -0.2) is 4.98 Å². The summed E-state index contributed by atoms with van der Waals surface area (Å²) in [7, 11) is 0. The molecule has 2 aromatic carbocycles. The van der Waals surface area contributed by atoms with Gasteiger partial charge in [-0.1, -0.05) is 23.8 Å². The van der Waals surface area contributed by atoms with E-state index in [9.17, 15) is 9.90 Å². The Hall–Kier alpha value is -3.48. The first kappa shape index (κ1) is 17.9. The summed E-state index contributed by atoms with van der Waals surface area (Å²) in [5.41, 5.74) is 3.95. The second-order valence-electron chi connectivity index (χ2n) is 6.76. The third-order valence-electron chi connectivity index (χ3n) is 4.88. The Kier molecular flexibility index (Phi) is 4.43. The summed E-state index contributed by atoms with van der Waals surface area (Å²) in [6, 6.07) is 13.5. The number of benzene rings is 2. The molecule has 0 fully saturated rings. The van der Waals surface area contributed by atoms with Crippen LogP contribution < -0.4 is 0 Å². The van der Waals surface area contributed by atoms with Gasteiger partial charge in [0.25, 0.3) is 5.91 Å². The molecular formula is C21H21N5O2. The molecule has 0 unspecified atom stereocenters. The van der Waals surface area contributed by atoms with Gasteiger partial charge in [0, 0.05) is 11.9 Å². The molecule has 0 atom stereocenters. The molecule has 0 aliphatic rings. The fraction of sp³-hybridized carbons (Fsp3) is 0.238. The lowest BCUT2D eigenvalue weighted by atomic mass is 10.1. The zero-order valence-corrected chi connectivity index (χ0v) is 16.0. The van der Waals surface area contributed by atoms with Crippen molar-refractivity contribution in [3.8, 4) is 5.88 Å². The highest BCUT2D eigenvalue weighted by Gasteiger charge is 2.16. The maximum absolute atomic E-state index is 12.5. The van der Waals surface area contributed by atoms with Crippen LogP contribution in [0.15, 0.2) is 52.7 Å². The molecular weight excluding hydrogens is 354 g/mol. The highest BCUT2D eigenvalue weighted by atomic mass is 16.3. The Morgan fingerprint density at radius 1 is 1.11 bits per heavy atom. The van der Waals surface area contributed by atoms with E-state index in [0.717, 1.165) is 33.3 Å². The number of aromatic nitrogens is 3. The van der Waals surface area contributed by atoms with Crippen molar-refractivity contribution in [3.05, 3.63) is 53.9 Å². The molecule has 2 aromatic heterocycles. The SMILES string of the molecule is CCn1c(O)c(N=NC(=O)Cn2c(C)nc3ccccc32)c2cc(C)ccc21. The molecule has 0 aliphatic carbocycles. The molecule has 0 spiro atoms. The van der Waals surface area contributed by atoms with Gasteiger partial charge in [0.2, 0.25) is 5.88 Å². The second kappa shape index (κ2) is 6.92. The van der Waals surface area contributed by atoms with Crippen LogP contribution in [0.5, 0.6) is 5.88 Å². The highest BCUT2D eigenvalue weighted by Crippen LogP contribution is 2.39. The molecule has 1 N–H and O–H groups in total. The number of aromatic hydroxyl groups is 1.